The molecule has 0 unspecified atom stereocenters. The van der Waals surface area contributed by atoms with E-state index in [0.29, 0.717) is 28.0 Å². The minimum Gasteiger partial charge on any atom is -0.496 e. The van der Waals surface area contributed by atoms with E-state index in [9.17, 15) is 4.79 Å². The number of pyridine rings is 1. The topological polar surface area (TPSA) is 51.3 Å². The number of hydrogen-bond donors (Lipinski definition) is 1. The molecule has 0 aliphatic rings. The Labute approximate surface area is 122 Å². The summed E-state index contributed by atoms with van der Waals surface area (Å²) >= 11 is 0. The van der Waals surface area contributed by atoms with Crippen molar-refractivity contribution in [1.29, 1.82) is 0 Å². The summed E-state index contributed by atoms with van der Waals surface area (Å²) in [6.07, 6.45) is 1.71. The van der Waals surface area contributed by atoms with Gasteiger partial charge in [-0.15, -0.1) is 0 Å². The normalized spacial score (nSPS) is 10.6. The van der Waals surface area contributed by atoms with E-state index in [0.717, 1.165) is 5.56 Å². The van der Waals surface area contributed by atoms with Crippen LogP contribution in [0.3, 0.4) is 0 Å². The number of aromatic amines is 1. The highest BCUT2D eigenvalue weighted by Crippen LogP contribution is 2.30. The third-order valence-electron chi connectivity index (χ3n) is 3.49. The van der Waals surface area contributed by atoms with Crippen LogP contribution in [0.15, 0.2) is 53.5 Å². The van der Waals surface area contributed by atoms with Crippen LogP contribution in [0.25, 0.3) is 22.0 Å². The molecule has 1 N–H and O–H groups in total. The molecule has 3 rings (SSSR count). The van der Waals surface area contributed by atoms with Gasteiger partial charge in [-0.2, -0.15) is 0 Å². The van der Waals surface area contributed by atoms with Crippen molar-refractivity contribution in [3.05, 3.63) is 58.9 Å². The third kappa shape index (κ3) is 2.14. The van der Waals surface area contributed by atoms with Gasteiger partial charge in [0.05, 0.1) is 25.1 Å². The molecule has 0 aliphatic carbocycles. The lowest BCUT2D eigenvalue weighted by Gasteiger charge is -2.10. The second-order valence-corrected chi connectivity index (χ2v) is 4.62. The second kappa shape index (κ2) is 5.32. The Morgan fingerprint density at radius 1 is 0.905 bits per heavy atom. The molecular formula is C17H15NO3. The van der Waals surface area contributed by atoms with Crippen molar-refractivity contribution in [3.63, 3.8) is 0 Å². The summed E-state index contributed by atoms with van der Waals surface area (Å²) in [6, 6.07) is 13.1. The number of H-pyrrole nitrogens is 1. The lowest BCUT2D eigenvalue weighted by Crippen LogP contribution is -2.08. The summed E-state index contributed by atoms with van der Waals surface area (Å²) in [5, 5.41) is 0.498. The zero-order valence-corrected chi connectivity index (χ0v) is 11.8. The number of nitrogens with one attached hydrogen (secondary N) is 1. The molecule has 2 aromatic carbocycles. The summed E-state index contributed by atoms with van der Waals surface area (Å²) in [7, 11) is 3.13. The molecule has 0 radical (unpaired) electrons. The molecule has 4 nitrogen and oxygen atoms in total. The Bertz CT molecular complexity index is 838. The maximum Gasteiger partial charge on any atom is 0.201 e. The average Bonchev–Trinajstić information content (AvgIpc) is 2.55. The van der Waals surface area contributed by atoms with Crippen LogP contribution in [0.1, 0.15) is 0 Å². The highest BCUT2D eigenvalue weighted by molar-refractivity contribution is 5.92. The number of rotatable bonds is 3. The van der Waals surface area contributed by atoms with Gasteiger partial charge in [-0.25, -0.2) is 0 Å². The first-order valence-corrected chi connectivity index (χ1v) is 6.58. The van der Waals surface area contributed by atoms with E-state index >= 15 is 0 Å². The highest BCUT2D eigenvalue weighted by atomic mass is 16.5. The Morgan fingerprint density at radius 3 is 2.24 bits per heavy atom. The van der Waals surface area contributed by atoms with Gasteiger partial charge in [-0.05, 0) is 17.7 Å². The molecule has 1 heterocycles. The first kappa shape index (κ1) is 13.2. The lowest BCUT2D eigenvalue weighted by atomic mass is 10.0. The molecule has 0 saturated carbocycles. The first-order valence-electron chi connectivity index (χ1n) is 6.58. The predicted octanol–water partition coefficient (Wildman–Crippen LogP) is 3.21. The maximum atomic E-state index is 12.8. The van der Waals surface area contributed by atoms with Crippen LogP contribution in [0.2, 0.25) is 0 Å². The number of ether oxygens (including phenoxy) is 2. The Hall–Kier alpha value is -2.75. The van der Waals surface area contributed by atoms with Crippen molar-refractivity contribution in [1.82, 2.24) is 4.98 Å². The van der Waals surface area contributed by atoms with Crippen LogP contribution in [0, 0.1) is 0 Å². The average molecular weight is 281 g/mol. The fraction of sp³-hybridized carbons (Fsp3) is 0.118. The van der Waals surface area contributed by atoms with Crippen LogP contribution in [0.4, 0.5) is 0 Å². The number of methoxy groups -OCH3 is 2. The minimum atomic E-state index is -0.0781. The highest BCUT2D eigenvalue weighted by Gasteiger charge is 2.14. The molecule has 4 heteroatoms. The molecule has 0 bridgehead atoms. The van der Waals surface area contributed by atoms with Crippen LogP contribution < -0.4 is 14.9 Å². The van der Waals surface area contributed by atoms with Crippen molar-refractivity contribution in [2.75, 3.05) is 14.2 Å². The van der Waals surface area contributed by atoms with E-state index in [1.165, 1.54) is 0 Å². The quantitative estimate of drug-likeness (QED) is 0.802. The van der Waals surface area contributed by atoms with E-state index in [2.05, 4.69) is 4.98 Å². The van der Waals surface area contributed by atoms with E-state index in [1.54, 1.807) is 32.5 Å². The van der Waals surface area contributed by atoms with Gasteiger partial charge in [0, 0.05) is 11.8 Å². The predicted molar refractivity (Wildman–Crippen MR) is 83.1 cm³/mol. The number of aromatic nitrogens is 1. The van der Waals surface area contributed by atoms with E-state index < -0.39 is 0 Å². The first-order chi connectivity index (χ1) is 10.3. The van der Waals surface area contributed by atoms with Gasteiger partial charge in [0.2, 0.25) is 5.43 Å². The molecular weight excluding hydrogens is 266 g/mol. The summed E-state index contributed by atoms with van der Waals surface area (Å²) in [6.45, 7) is 0. The van der Waals surface area contributed by atoms with E-state index in [-0.39, 0.29) is 5.43 Å². The summed E-state index contributed by atoms with van der Waals surface area (Å²) in [4.78, 5) is 16.0. The third-order valence-corrected chi connectivity index (χ3v) is 3.49. The molecule has 1 aromatic heterocycles. The van der Waals surface area contributed by atoms with E-state index in [4.69, 9.17) is 9.47 Å². The van der Waals surface area contributed by atoms with Crippen molar-refractivity contribution >= 4 is 10.9 Å². The van der Waals surface area contributed by atoms with E-state index in [1.807, 2.05) is 30.3 Å². The molecule has 0 fully saturated rings. The summed E-state index contributed by atoms with van der Waals surface area (Å²) in [5.74, 6) is 1.15. The molecule has 0 spiro atoms. The van der Waals surface area contributed by atoms with Crippen LogP contribution >= 0.6 is 0 Å². The SMILES string of the molecule is COc1ccc(OC)c2c(=O)c(-c3ccccc3)c[nH]c12. The van der Waals surface area contributed by atoms with Crippen molar-refractivity contribution in [3.8, 4) is 22.6 Å². The standard InChI is InChI=1S/C17H15NO3/c1-20-13-8-9-14(21-2)16-15(13)17(19)12(10-18-16)11-6-4-3-5-7-11/h3-10H,1-2H3,(H,18,19). The Balaban J connectivity index is 2.37. The fourth-order valence-electron chi connectivity index (χ4n) is 2.45. The maximum absolute atomic E-state index is 12.8. The van der Waals surface area contributed by atoms with Crippen molar-refractivity contribution in [2.45, 2.75) is 0 Å². The zero-order valence-electron chi connectivity index (χ0n) is 11.8. The van der Waals surface area contributed by atoms with Crippen LogP contribution in [-0.2, 0) is 0 Å². The molecule has 106 valence electrons. The second-order valence-electron chi connectivity index (χ2n) is 4.62. The van der Waals surface area contributed by atoms with Crippen LogP contribution in [0.5, 0.6) is 11.5 Å². The van der Waals surface area contributed by atoms with Gasteiger partial charge in [0.1, 0.15) is 11.5 Å². The molecule has 0 atom stereocenters. The van der Waals surface area contributed by atoms with Gasteiger partial charge in [-0.3, -0.25) is 4.79 Å². The van der Waals surface area contributed by atoms with Crippen LogP contribution in [-0.4, -0.2) is 19.2 Å². The van der Waals surface area contributed by atoms with Crippen molar-refractivity contribution in [2.24, 2.45) is 0 Å². The van der Waals surface area contributed by atoms with Gasteiger partial charge < -0.3 is 14.5 Å². The Morgan fingerprint density at radius 2 is 1.57 bits per heavy atom. The Kier molecular flexibility index (Phi) is 3.36. The largest absolute Gasteiger partial charge is 0.496 e. The number of fused-ring (bicyclic) bond motifs is 1. The van der Waals surface area contributed by atoms with Gasteiger partial charge in [0.25, 0.3) is 0 Å². The molecule has 0 saturated heterocycles. The minimum absolute atomic E-state index is 0.0781. The molecule has 3 aromatic rings. The zero-order chi connectivity index (χ0) is 14.8. The van der Waals surface area contributed by atoms with Gasteiger partial charge in [0.15, 0.2) is 0 Å². The van der Waals surface area contributed by atoms with Crippen molar-refractivity contribution < 1.29 is 9.47 Å². The fourth-order valence-corrected chi connectivity index (χ4v) is 2.45. The summed E-state index contributed by atoms with van der Waals surface area (Å²) in [5.41, 5.74) is 2.03. The van der Waals surface area contributed by atoms with Gasteiger partial charge >= 0.3 is 0 Å². The molecule has 0 amide bonds. The molecule has 21 heavy (non-hydrogen) atoms. The smallest absolute Gasteiger partial charge is 0.201 e. The monoisotopic (exact) mass is 281 g/mol. The molecule has 0 aliphatic heterocycles. The van der Waals surface area contributed by atoms with Gasteiger partial charge in [-0.1, -0.05) is 30.3 Å². The lowest BCUT2D eigenvalue weighted by molar-refractivity contribution is 0.409. The number of hydrogen-bond acceptors (Lipinski definition) is 3. The number of benzene rings is 2. The summed E-state index contributed by atoms with van der Waals surface area (Å²) < 4.78 is 10.6.